The van der Waals surface area contributed by atoms with Gasteiger partial charge in [-0.05, 0) is 65.5 Å². The van der Waals surface area contributed by atoms with Gasteiger partial charge in [-0.2, -0.15) is 0 Å². The first-order chi connectivity index (χ1) is 9.82. The first-order valence-corrected chi connectivity index (χ1v) is 9.96. The molecule has 3 unspecified atom stereocenters. The van der Waals surface area contributed by atoms with Gasteiger partial charge in [-0.15, -0.1) is 0 Å². The minimum absolute atomic E-state index is 0.141. The number of halogens is 2. The molecule has 0 radical (unpaired) electrons. The van der Waals surface area contributed by atoms with Crippen LogP contribution in [0.5, 0.6) is 0 Å². The number of hydrogen-bond donors (Lipinski definition) is 2. The molecule has 0 aromatic heterocycles. The third-order valence-corrected chi connectivity index (χ3v) is 6.79. The van der Waals surface area contributed by atoms with Gasteiger partial charge in [0, 0.05) is 15.9 Å². The molecule has 0 spiro atoms. The zero-order valence-electron chi connectivity index (χ0n) is 11.9. The predicted molar refractivity (Wildman–Crippen MR) is 89.8 cm³/mol. The molecule has 0 amide bonds. The molecular formula is C14H20FIN2O2S. The van der Waals surface area contributed by atoms with Crippen LogP contribution in [-0.4, -0.2) is 19.9 Å². The minimum Gasteiger partial charge on any atom is -0.271 e. The molecule has 1 aliphatic rings. The topological polar surface area (TPSA) is 72.2 Å². The van der Waals surface area contributed by atoms with Crippen molar-refractivity contribution < 1.29 is 12.8 Å². The predicted octanol–water partition coefficient (Wildman–Crippen LogP) is 2.54. The second-order valence-electron chi connectivity index (χ2n) is 5.69. The van der Waals surface area contributed by atoms with Crippen LogP contribution >= 0.6 is 22.6 Å². The molecular weight excluding hydrogens is 406 g/mol. The van der Waals surface area contributed by atoms with Crippen molar-refractivity contribution >= 4 is 32.4 Å². The normalized spacial score (nSPS) is 24.8. The van der Waals surface area contributed by atoms with E-state index in [0.29, 0.717) is 12.8 Å². The van der Waals surface area contributed by atoms with Gasteiger partial charge in [0.05, 0.1) is 5.25 Å². The fourth-order valence-electron chi connectivity index (χ4n) is 3.11. The molecule has 7 heteroatoms. The number of hydrazine groups is 1. The summed E-state index contributed by atoms with van der Waals surface area (Å²) in [6.07, 6.45) is 4.41. The number of sulfone groups is 1. The molecule has 1 saturated carbocycles. The molecule has 0 heterocycles. The summed E-state index contributed by atoms with van der Waals surface area (Å²) in [7, 11) is -3.03. The maximum atomic E-state index is 13.2. The second-order valence-corrected chi connectivity index (χ2v) is 9.18. The van der Waals surface area contributed by atoms with Crippen molar-refractivity contribution in [1.29, 1.82) is 0 Å². The first-order valence-electron chi connectivity index (χ1n) is 6.93. The third-order valence-electron chi connectivity index (χ3n) is 4.22. The monoisotopic (exact) mass is 426 g/mol. The van der Waals surface area contributed by atoms with Crippen LogP contribution in [0.4, 0.5) is 4.39 Å². The maximum Gasteiger partial charge on any atom is 0.150 e. The molecule has 118 valence electrons. The highest BCUT2D eigenvalue weighted by Crippen LogP contribution is 2.37. The summed E-state index contributed by atoms with van der Waals surface area (Å²) in [5, 5.41) is -0.301. The Labute approximate surface area is 138 Å². The smallest absolute Gasteiger partial charge is 0.150 e. The van der Waals surface area contributed by atoms with E-state index >= 15 is 0 Å². The molecule has 2 rings (SSSR count). The van der Waals surface area contributed by atoms with Crippen LogP contribution in [0.3, 0.4) is 0 Å². The van der Waals surface area contributed by atoms with Crippen LogP contribution in [0.15, 0.2) is 18.2 Å². The van der Waals surface area contributed by atoms with Gasteiger partial charge in [-0.25, -0.2) is 12.8 Å². The van der Waals surface area contributed by atoms with Crippen molar-refractivity contribution in [2.24, 2.45) is 11.8 Å². The maximum absolute atomic E-state index is 13.2. The van der Waals surface area contributed by atoms with Crippen LogP contribution in [0.2, 0.25) is 0 Å². The highest BCUT2D eigenvalue weighted by atomic mass is 127. The lowest BCUT2D eigenvalue weighted by Crippen LogP contribution is -2.38. The zero-order valence-corrected chi connectivity index (χ0v) is 14.8. The lowest BCUT2D eigenvalue weighted by Gasteiger charge is -2.34. The quantitative estimate of drug-likeness (QED) is 0.441. The molecule has 1 fully saturated rings. The van der Waals surface area contributed by atoms with E-state index in [9.17, 15) is 12.8 Å². The number of nitrogens with two attached hydrogens (primary N) is 1. The van der Waals surface area contributed by atoms with E-state index in [1.807, 2.05) is 0 Å². The molecule has 3 N–H and O–H groups in total. The average molecular weight is 426 g/mol. The van der Waals surface area contributed by atoms with E-state index in [4.69, 9.17) is 5.84 Å². The Morgan fingerprint density at radius 2 is 2.14 bits per heavy atom. The molecule has 1 aliphatic carbocycles. The van der Waals surface area contributed by atoms with Crippen molar-refractivity contribution in [2.75, 3.05) is 6.26 Å². The van der Waals surface area contributed by atoms with E-state index in [2.05, 4.69) is 28.0 Å². The van der Waals surface area contributed by atoms with Crippen LogP contribution in [0.1, 0.15) is 37.3 Å². The Morgan fingerprint density at radius 3 is 2.71 bits per heavy atom. The summed E-state index contributed by atoms with van der Waals surface area (Å²) in [5.74, 6) is 5.56. The highest BCUT2D eigenvalue weighted by Gasteiger charge is 2.34. The van der Waals surface area contributed by atoms with Crippen molar-refractivity contribution in [2.45, 2.75) is 37.0 Å². The van der Waals surface area contributed by atoms with Crippen LogP contribution < -0.4 is 11.3 Å². The van der Waals surface area contributed by atoms with Crippen molar-refractivity contribution in [1.82, 2.24) is 5.43 Å². The van der Waals surface area contributed by atoms with Crippen molar-refractivity contribution in [3.63, 3.8) is 0 Å². The summed E-state index contributed by atoms with van der Waals surface area (Å²) in [6, 6.07) is 4.46. The molecule has 3 atom stereocenters. The molecule has 0 aliphatic heterocycles. The van der Waals surface area contributed by atoms with Crippen molar-refractivity contribution in [3.8, 4) is 0 Å². The standard InChI is InChI=1S/C14H20FIN2O2S/c1-21(19,20)11-4-2-3-9(7-11)14(18-17)12-6-5-10(15)8-13(12)16/h5-6,8-9,11,14,18H,2-4,7,17H2,1H3. The van der Waals surface area contributed by atoms with Gasteiger partial charge in [0.25, 0.3) is 0 Å². The number of rotatable bonds is 4. The Hall–Kier alpha value is -0.250. The fourth-order valence-corrected chi connectivity index (χ4v) is 5.11. The Kier molecular flexibility index (Phi) is 5.61. The number of nitrogens with one attached hydrogen (secondary N) is 1. The van der Waals surface area contributed by atoms with Gasteiger partial charge in [0.2, 0.25) is 0 Å². The first kappa shape index (κ1) is 17.1. The van der Waals surface area contributed by atoms with Crippen LogP contribution in [-0.2, 0) is 9.84 Å². The van der Waals surface area contributed by atoms with Gasteiger partial charge in [0.1, 0.15) is 15.7 Å². The third kappa shape index (κ3) is 4.14. The summed E-state index contributed by atoms with van der Waals surface area (Å²) < 4.78 is 37.6. The van der Waals surface area contributed by atoms with Gasteiger partial charge in [-0.3, -0.25) is 11.3 Å². The van der Waals surface area contributed by atoms with Crippen LogP contribution in [0.25, 0.3) is 0 Å². The minimum atomic E-state index is -3.03. The lowest BCUT2D eigenvalue weighted by atomic mass is 9.81. The van der Waals surface area contributed by atoms with Gasteiger partial charge < -0.3 is 0 Å². The van der Waals surface area contributed by atoms with E-state index in [0.717, 1.165) is 22.0 Å². The summed E-state index contributed by atoms with van der Waals surface area (Å²) >= 11 is 2.09. The van der Waals surface area contributed by atoms with E-state index < -0.39 is 9.84 Å². The highest BCUT2D eigenvalue weighted by molar-refractivity contribution is 14.1. The van der Waals surface area contributed by atoms with E-state index in [-0.39, 0.29) is 23.0 Å². The Balaban J connectivity index is 2.24. The zero-order chi connectivity index (χ0) is 15.6. The molecule has 0 bridgehead atoms. The SMILES string of the molecule is CS(=O)(=O)C1CCCC(C(NN)c2ccc(F)cc2I)C1. The molecule has 21 heavy (non-hydrogen) atoms. The summed E-state index contributed by atoms with van der Waals surface area (Å²) in [6.45, 7) is 0. The van der Waals surface area contributed by atoms with Gasteiger partial charge >= 0.3 is 0 Å². The van der Waals surface area contributed by atoms with Crippen molar-refractivity contribution in [3.05, 3.63) is 33.1 Å². The summed E-state index contributed by atoms with van der Waals surface area (Å²) in [4.78, 5) is 0. The number of benzene rings is 1. The molecule has 4 nitrogen and oxygen atoms in total. The Bertz CT molecular complexity index is 609. The lowest BCUT2D eigenvalue weighted by molar-refractivity contribution is 0.274. The van der Waals surface area contributed by atoms with E-state index in [1.165, 1.54) is 18.4 Å². The van der Waals surface area contributed by atoms with Gasteiger partial charge in [0.15, 0.2) is 0 Å². The molecule has 1 aromatic rings. The molecule has 1 aromatic carbocycles. The Morgan fingerprint density at radius 1 is 1.43 bits per heavy atom. The second kappa shape index (κ2) is 6.89. The molecule has 0 saturated heterocycles. The van der Waals surface area contributed by atoms with Crippen LogP contribution in [0, 0.1) is 15.3 Å². The van der Waals surface area contributed by atoms with E-state index in [1.54, 1.807) is 6.07 Å². The largest absolute Gasteiger partial charge is 0.271 e. The summed E-state index contributed by atoms with van der Waals surface area (Å²) in [5.41, 5.74) is 3.73. The van der Waals surface area contributed by atoms with Gasteiger partial charge in [-0.1, -0.05) is 12.5 Å². The average Bonchev–Trinajstić information content (AvgIpc) is 2.41. The number of hydrogen-bond acceptors (Lipinski definition) is 4. The fraction of sp³-hybridized carbons (Fsp3) is 0.571.